The van der Waals surface area contributed by atoms with Crippen molar-refractivity contribution in [2.75, 3.05) is 26.2 Å². The molecule has 0 radical (unpaired) electrons. The van der Waals surface area contributed by atoms with Gasteiger partial charge in [0.25, 0.3) is 11.8 Å². The number of benzene rings is 1. The lowest BCUT2D eigenvalue weighted by atomic mass is 10.1. The lowest BCUT2D eigenvalue weighted by molar-refractivity contribution is 0.0515. The van der Waals surface area contributed by atoms with Gasteiger partial charge in [0, 0.05) is 31.7 Å². The fourth-order valence-corrected chi connectivity index (χ4v) is 3.33. The van der Waals surface area contributed by atoms with Gasteiger partial charge in [0.1, 0.15) is 5.69 Å². The number of nitrogens with one attached hydrogen (secondary N) is 1. The van der Waals surface area contributed by atoms with Gasteiger partial charge in [-0.15, -0.1) is 0 Å². The molecule has 2 aromatic heterocycles. The monoisotopic (exact) mass is 378 g/mol. The average molecular weight is 378 g/mol. The molecule has 1 aliphatic heterocycles. The molecule has 3 aromatic rings. The van der Waals surface area contributed by atoms with Gasteiger partial charge in [0.15, 0.2) is 5.76 Å². The van der Waals surface area contributed by atoms with E-state index in [-0.39, 0.29) is 11.8 Å². The molecule has 1 saturated heterocycles. The van der Waals surface area contributed by atoms with E-state index in [0.717, 1.165) is 17.7 Å². The first-order chi connectivity index (χ1) is 13.7. The highest BCUT2D eigenvalue weighted by atomic mass is 16.3. The topological polar surface area (TPSA) is 82.4 Å². The number of amides is 2. The first-order valence-electron chi connectivity index (χ1n) is 9.42. The number of H-pyrrole nitrogens is 1. The van der Waals surface area contributed by atoms with E-state index in [4.69, 9.17) is 4.42 Å². The maximum atomic E-state index is 12.8. The quantitative estimate of drug-likeness (QED) is 0.757. The summed E-state index contributed by atoms with van der Waals surface area (Å²) in [6.45, 7) is 4.02. The molecule has 1 aliphatic rings. The van der Waals surface area contributed by atoms with E-state index in [1.54, 1.807) is 28.0 Å². The molecule has 0 unspecified atom stereocenters. The third kappa shape index (κ3) is 3.55. The SMILES string of the molecule is CCc1ccc(-c2cc(C(=O)N3CCN(C(=O)c4ccco4)CC3)[nH]n2)cc1. The molecular weight excluding hydrogens is 356 g/mol. The van der Waals surface area contributed by atoms with Crippen LogP contribution in [0.15, 0.2) is 53.1 Å². The Labute approximate surface area is 162 Å². The van der Waals surface area contributed by atoms with Gasteiger partial charge in [0.05, 0.1) is 12.0 Å². The molecule has 0 atom stereocenters. The highest BCUT2D eigenvalue weighted by Gasteiger charge is 2.27. The van der Waals surface area contributed by atoms with Crippen LogP contribution >= 0.6 is 0 Å². The van der Waals surface area contributed by atoms with E-state index < -0.39 is 0 Å². The van der Waals surface area contributed by atoms with Crippen molar-refractivity contribution in [1.29, 1.82) is 0 Å². The minimum atomic E-state index is -0.142. The predicted octanol–water partition coefficient (Wildman–Crippen LogP) is 2.83. The molecule has 28 heavy (non-hydrogen) atoms. The molecule has 1 N–H and O–H groups in total. The van der Waals surface area contributed by atoms with E-state index in [0.29, 0.717) is 37.6 Å². The van der Waals surface area contributed by atoms with Crippen LogP contribution < -0.4 is 0 Å². The van der Waals surface area contributed by atoms with Gasteiger partial charge in [0.2, 0.25) is 0 Å². The van der Waals surface area contributed by atoms with Gasteiger partial charge in [-0.1, -0.05) is 31.2 Å². The van der Waals surface area contributed by atoms with Crippen LogP contribution in [0.3, 0.4) is 0 Å². The fourth-order valence-electron chi connectivity index (χ4n) is 3.33. The second kappa shape index (κ2) is 7.72. The lowest BCUT2D eigenvalue weighted by Crippen LogP contribution is -2.50. The molecular formula is C21H22N4O3. The van der Waals surface area contributed by atoms with Crippen molar-refractivity contribution in [2.24, 2.45) is 0 Å². The van der Waals surface area contributed by atoms with Crippen molar-refractivity contribution in [3.05, 3.63) is 65.7 Å². The molecule has 144 valence electrons. The normalized spacial score (nSPS) is 14.3. The van der Waals surface area contributed by atoms with Crippen molar-refractivity contribution in [2.45, 2.75) is 13.3 Å². The number of nitrogens with zero attached hydrogens (tertiary/aromatic N) is 3. The first-order valence-corrected chi connectivity index (χ1v) is 9.42. The number of carbonyl (C=O) groups excluding carboxylic acids is 2. The average Bonchev–Trinajstić information content (AvgIpc) is 3.45. The molecule has 1 aromatic carbocycles. The van der Waals surface area contributed by atoms with E-state index >= 15 is 0 Å². The minimum Gasteiger partial charge on any atom is -0.459 e. The Bertz CT molecular complexity index is 952. The molecule has 0 aliphatic carbocycles. The van der Waals surface area contributed by atoms with Gasteiger partial charge < -0.3 is 14.2 Å². The minimum absolute atomic E-state index is 0.103. The van der Waals surface area contributed by atoms with Crippen LogP contribution in [0, 0.1) is 0 Å². The second-order valence-electron chi connectivity index (χ2n) is 6.78. The Morgan fingerprint density at radius 3 is 2.32 bits per heavy atom. The zero-order valence-corrected chi connectivity index (χ0v) is 15.7. The molecule has 1 fully saturated rings. The highest BCUT2D eigenvalue weighted by Crippen LogP contribution is 2.20. The third-order valence-electron chi connectivity index (χ3n) is 5.05. The summed E-state index contributed by atoms with van der Waals surface area (Å²) in [4.78, 5) is 28.6. The van der Waals surface area contributed by atoms with Crippen LogP contribution in [0.1, 0.15) is 33.5 Å². The summed E-state index contributed by atoms with van der Waals surface area (Å²) >= 11 is 0. The number of piperazine rings is 1. The summed E-state index contributed by atoms with van der Waals surface area (Å²) in [6, 6.07) is 13.3. The summed E-state index contributed by atoms with van der Waals surface area (Å²) in [5.74, 6) is 0.0811. The van der Waals surface area contributed by atoms with Gasteiger partial charge in [-0.05, 0) is 30.2 Å². The van der Waals surface area contributed by atoms with E-state index in [1.807, 2.05) is 12.1 Å². The Morgan fingerprint density at radius 2 is 1.71 bits per heavy atom. The van der Waals surface area contributed by atoms with Crippen molar-refractivity contribution in [3.8, 4) is 11.3 Å². The summed E-state index contributed by atoms with van der Waals surface area (Å²) in [7, 11) is 0. The van der Waals surface area contributed by atoms with Crippen LogP contribution in [0.25, 0.3) is 11.3 Å². The summed E-state index contributed by atoms with van der Waals surface area (Å²) in [6.07, 6.45) is 2.47. The van der Waals surface area contributed by atoms with Gasteiger partial charge >= 0.3 is 0 Å². The van der Waals surface area contributed by atoms with E-state index in [9.17, 15) is 9.59 Å². The number of hydrogen-bond acceptors (Lipinski definition) is 4. The number of aromatic nitrogens is 2. The van der Waals surface area contributed by atoms with Crippen LogP contribution in [-0.2, 0) is 6.42 Å². The lowest BCUT2D eigenvalue weighted by Gasteiger charge is -2.34. The number of carbonyl (C=O) groups is 2. The van der Waals surface area contributed by atoms with Crippen molar-refractivity contribution >= 4 is 11.8 Å². The Morgan fingerprint density at radius 1 is 1.04 bits per heavy atom. The van der Waals surface area contributed by atoms with E-state index in [2.05, 4.69) is 29.3 Å². The number of furan rings is 1. The Kier molecular flexibility index (Phi) is 4.97. The Hall–Kier alpha value is -3.35. The zero-order valence-electron chi connectivity index (χ0n) is 15.7. The number of aryl methyl sites for hydroxylation is 1. The van der Waals surface area contributed by atoms with Crippen LogP contribution in [0.5, 0.6) is 0 Å². The summed E-state index contributed by atoms with van der Waals surface area (Å²) in [5.41, 5.74) is 3.44. The molecule has 0 saturated carbocycles. The maximum absolute atomic E-state index is 12.8. The fraction of sp³-hybridized carbons (Fsp3) is 0.286. The van der Waals surface area contributed by atoms with Gasteiger partial charge in [-0.3, -0.25) is 14.7 Å². The predicted molar refractivity (Wildman–Crippen MR) is 104 cm³/mol. The standard InChI is InChI=1S/C21H22N4O3/c1-2-15-5-7-16(8-6-15)17-14-18(23-22-17)20(26)24-9-11-25(12-10-24)21(27)19-4-3-13-28-19/h3-8,13-14H,2,9-12H2,1H3,(H,22,23). The van der Waals surface area contributed by atoms with Crippen molar-refractivity contribution in [3.63, 3.8) is 0 Å². The second-order valence-corrected chi connectivity index (χ2v) is 6.78. The summed E-state index contributed by atoms with van der Waals surface area (Å²) in [5, 5.41) is 7.13. The van der Waals surface area contributed by atoms with Crippen molar-refractivity contribution in [1.82, 2.24) is 20.0 Å². The van der Waals surface area contributed by atoms with Crippen LogP contribution in [0.4, 0.5) is 0 Å². The molecule has 2 amide bonds. The van der Waals surface area contributed by atoms with Crippen LogP contribution in [-0.4, -0.2) is 58.0 Å². The Balaban J connectivity index is 1.39. The maximum Gasteiger partial charge on any atom is 0.289 e. The molecule has 0 bridgehead atoms. The third-order valence-corrected chi connectivity index (χ3v) is 5.05. The zero-order chi connectivity index (χ0) is 19.5. The van der Waals surface area contributed by atoms with Crippen LogP contribution in [0.2, 0.25) is 0 Å². The van der Waals surface area contributed by atoms with Gasteiger partial charge in [-0.2, -0.15) is 5.10 Å². The van der Waals surface area contributed by atoms with Gasteiger partial charge in [-0.25, -0.2) is 0 Å². The molecule has 3 heterocycles. The summed E-state index contributed by atoms with van der Waals surface area (Å²) < 4.78 is 5.17. The largest absolute Gasteiger partial charge is 0.459 e. The molecule has 7 nitrogen and oxygen atoms in total. The number of hydrogen-bond donors (Lipinski definition) is 1. The number of rotatable bonds is 4. The smallest absolute Gasteiger partial charge is 0.289 e. The van der Waals surface area contributed by atoms with E-state index in [1.165, 1.54) is 11.8 Å². The molecule has 0 spiro atoms. The van der Waals surface area contributed by atoms with Crippen molar-refractivity contribution < 1.29 is 14.0 Å². The molecule has 4 rings (SSSR count). The highest BCUT2D eigenvalue weighted by molar-refractivity contribution is 5.94. The number of aromatic amines is 1. The first kappa shape index (κ1) is 18.0. The molecule has 7 heteroatoms.